The molecule has 0 fully saturated rings. The number of amides is 1. The maximum Gasteiger partial charge on any atom is 0.257 e. The van der Waals surface area contributed by atoms with Crippen molar-refractivity contribution >= 4 is 17.3 Å². The van der Waals surface area contributed by atoms with E-state index in [1.807, 2.05) is 19.9 Å². The van der Waals surface area contributed by atoms with Crippen LogP contribution < -0.4 is 16.6 Å². The van der Waals surface area contributed by atoms with Crippen LogP contribution in [0.5, 0.6) is 0 Å². The number of hydrogen-bond acceptors (Lipinski definition) is 4. The van der Waals surface area contributed by atoms with E-state index in [0.29, 0.717) is 11.3 Å². The van der Waals surface area contributed by atoms with E-state index in [0.717, 1.165) is 16.8 Å². The van der Waals surface area contributed by atoms with Crippen molar-refractivity contribution in [3.8, 4) is 0 Å². The second-order valence-corrected chi connectivity index (χ2v) is 4.34. The first-order chi connectivity index (χ1) is 9.11. The van der Waals surface area contributed by atoms with E-state index in [4.69, 9.17) is 5.84 Å². The lowest BCUT2D eigenvalue weighted by Crippen LogP contribution is -2.18. The molecule has 0 bridgehead atoms. The molecule has 0 aliphatic heterocycles. The number of pyridine rings is 1. The Hall–Kier alpha value is -2.40. The Morgan fingerprint density at radius 1 is 1.21 bits per heavy atom. The first kappa shape index (κ1) is 13.0. The molecule has 1 amide bonds. The van der Waals surface area contributed by atoms with Gasteiger partial charge in [-0.25, -0.2) is 0 Å². The van der Waals surface area contributed by atoms with Gasteiger partial charge >= 0.3 is 0 Å². The van der Waals surface area contributed by atoms with E-state index >= 15 is 0 Å². The molecule has 0 saturated heterocycles. The second kappa shape index (κ2) is 5.49. The van der Waals surface area contributed by atoms with Crippen molar-refractivity contribution in [2.75, 3.05) is 10.7 Å². The summed E-state index contributed by atoms with van der Waals surface area (Å²) in [6.45, 7) is 3.82. The second-order valence-electron chi connectivity index (χ2n) is 4.34. The number of nitrogen functional groups attached to an aromatic ring is 1. The summed E-state index contributed by atoms with van der Waals surface area (Å²) in [5, 5.41) is 2.85. The van der Waals surface area contributed by atoms with E-state index < -0.39 is 0 Å². The fourth-order valence-electron chi connectivity index (χ4n) is 1.78. The van der Waals surface area contributed by atoms with Crippen LogP contribution in [-0.2, 0) is 0 Å². The third kappa shape index (κ3) is 2.89. The summed E-state index contributed by atoms with van der Waals surface area (Å²) in [5.74, 6) is 5.22. The van der Waals surface area contributed by atoms with Gasteiger partial charge in [-0.15, -0.1) is 0 Å². The summed E-state index contributed by atoms with van der Waals surface area (Å²) >= 11 is 0. The zero-order valence-electron chi connectivity index (χ0n) is 10.9. The molecule has 0 spiro atoms. The molecule has 2 rings (SSSR count). The molecule has 98 valence electrons. The van der Waals surface area contributed by atoms with Gasteiger partial charge in [0.2, 0.25) is 0 Å². The molecule has 0 aliphatic rings. The van der Waals surface area contributed by atoms with Crippen molar-refractivity contribution in [2.24, 2.45) is 5.84 Å². The fourth-order valence-corrected chi connectivity index (χ4v) is 1.78. The number of carbonyl (C=O) groups is 1. The predicted molar refractivity (Wildman–Crippen MR) is 75.9 cm³/mol. The van der Waals surface area contributed by atoms with Gasteiger partial charge in [-0.05, 0) is 37.6 Å². The van der Waals surface area contributed by atoms with Crippen molar-refractivity contribution in [1.82, 2.24) is 4.98 Å². The van der Waals surface area contributed by atoms with Gasteiger partial charge in [0.1, 0.15) is 0 Å². The number of hydrogen-bond donors (Lipinski definition) is 3. The minimum atomic E-state index is -0.203. The molecule has 19 heavy (non-hydrogen) atoms. The Morgan fingerprint density at radius 3 is 2.68 bits per heavy atom. The van der Waals surface area contributed by atoms with Crippen LogP contribution in [0.3, 0.4) is 0 Å². The Labute approximate surface area is 111 Å². The number of carbonyl (C=O) groups excluding carboxylic acids is 1. The van der Waals surface area contributed by atoms with Gasteiger partial charge in [-0.2, -0.15) is 0 Å². The maximum absolute atomic E-state index is 12.3. The van der Waals surface area contributed by atoms with E-state index in [1.165, 1.54) is 0 Å². The largest absolute Gasteiger partial charge is 0.323 e. The minimum absolute atomic E-state index is 0.203. The van der Waals surface area contributed by atoms with Gasteiger partial charge in [-0.3, -0.25) is 15.6 Å². The van der Waals surface area contributed by atoms with Crippen LogP contribution >= 0.6 is 0 Å². The summed E-state index contributed by atoms with van der Waals surface area (Å²) in [5.41, 5.74) is 6.28. The molecule has 0 saturated carbocycles. The molecule has 0 unspecified atom stereocenters. The molecule has 2 aromatic rings. The SMILES string of the molecule is Cc1ccc(NN)c(C(=O)Nc2ccncc2C)c1. The molecule has 1 aromatic carbocycles. The van der Waals surface area contributed by atoms with E-state index in [-0.39, 0.29) is 5.91 Å². The normalized spacial score (nSPS) is 10.1. The maximum atomic E-state index is 12.3. The van der Waals surface area contributed by atoms with Gasteiger partial charge in [0.15, 0.2) is 0 Å². The number of rotatable bonds is 3. The first-order valence-electron chi connectivity index (χ1n) is 5.91. The van der Waals surface area contributed by atoms with Crippen molar-refractivity contribution in [2.45, 2.75) is 13.8 Å². The van der Waals surface area contributed by atoms with E-state index in [2.05, 4.69) is 15.7 Å². The molecule has 4 N–H and O–H groups in total. The van der Waals surface area contributed by atoms with Crippen LogP contribution in [-0.4, -0.2) is 10.9 Å². The summed E-state index contributed by atoms with van der Waals surface area (Å²) in [7, 11) is 0. The zero-order valence-corrected chi connectivity index (χ0v) is 10.9. The average molecular weight is 256 g/mol. The van der Waals surface area contributed by atoms with Crippen molar-refractivity contribution in [3.63, 3.8) is 0 Å². The lowest BCUT2D eigenvalue weighted by molar-refractivity contribution is 0.102. The number of aromatic nitrogens is 1. The van der Waals surface area contributed by atoms with E-state index in [1.54, 1.807) is 30.6 Å². The Bertz CT molecular complexity index is 610. The fraction of sp³-hybridized carbons (Fsp3) is 0.143. The predicted octanol–water partition coefficient (Wildman–Crippen LogP) is 2.24. The number of benzene rings is 1. The molecule has 5 heteroatoms. The summed E-state index contributed by atoms with van der Waals surface area (Å²) in [4.78, 5) is 16.3. The number of aryl methyl sites for hydroxylation is 2. The number of hydrazine groups is 1. The number of nitrogens with two attached hydrogens (primary N) is 1. The highest BCUT2D eigenvalue weighted by molar-refractivity contribution is 6.08. The van der Waals surface area contributed by atoms with Crippen LogP contribution in [0.25, 0.3) is 0 Å². The highest BCUT2D eigenvalue weighted by Crippen LogP contribution is 2.19. The summed E-state index contributed by atoms with van der Waals surface area (Å²) in [6.07, 6.45) is 3.34. The Balaban J connectivity index is 2.30. The molecule has 0 atom stereocenters. The number of nitrogens with zero attached hydrogens (tertiary/aromatic N) is 1. The third-order valence-corrected chi connectivity index (χ3v) is 2.84. The number of anilines is 2. The molecule has 5 nitrogen and oxygen atoms in total. The topological polar surface area (TPSA) is 80.0 Å². The molecule has 0 radical (unpaired) electrons. The third-order valence-electron chi connectivity index (χ3n) is 2.84. The summed E-state index contributed by atoms with van der Waals surface area (Å²) in [6, 6.07) is 7.23. The summed E-state index contributed by atoms with van der Waals surface area (Å²) < 4.78 is 0. The van der Waals surface area contributed by atoms with Gasteiger partial charge in [0.05, 0.1) is 11.3 Å². The van der Waals surface area contributed by atoms with Crippen molar-refractivity contribution in [1.29, 1.82) is 0 Å². The molecule has 0 aliphatic carbocycles. The van der Waals surface area contributed by atoms with Crippen LogP contribution in [0.15, 0.2) is 36.7 Å². The van der Waals surface area contributed by atoms with Crippen molar-refractivity contribution < 1.29 is 4.79 Å². The minimum Gasteiger partial charge on any atom is -0.323 e. The molecule has 1 aromatic heterocycles. The highest BCUT2D eigenvalue weighted by atomic mass is 16.1. The molecular weight excluding hydrogens is 240 g/mol. The van der Waals surface area contributed by atoms with E-state index in [9.17, 15) is 4.79 Å². The van der Waals surface area contributed by atoms with Gasteiger partial charge in [-0.1, -0.05) is 11.6 Å². The van der Waals surface area contributed by atoms with Gasteiger partial charge in [0, 0.05) is 18.1 Å². The average Bonchev–Trinajstić information content (AvgIpc) is 2.41. The van der Waals surface area contributed by atoms with Gasteiger partial charge < -0.3 is 10.7 Å². The monoisotopic (exact) mass is 256 g/mol. The number of nitrogens with one attached hydrogen (secondary N) is 2. The van der Waals surface area contributed by atoms with Gasteiger partial charge in [0.25, 0.3) is 5.91 Å². The standard InChI is InChI=1S/C14H16N4O/c1-9-3-4-13(18-15)11(7-9)14(19)17-12-5-6-16-8-10(12)2/h3-8,18H,15H2,1-2H3,(H,16,17,19). The lowest BCUT2D eigenvalue weighted by atomic mass is 10.1. The smallest absolute Gasteiger partial charge is 0.257 e. The molecular formula is C14H16N4O. The highest BCUT2D eigenvalue weighted by Gasteiger charge is 2.12. The zero-order chi connectivity index (χ0) is 13.8. The Morgan fingerprint density at radius 2 is 2.00 bits per heavy atom. The molecule has 1 heterocycles. The van der Waals surface area contributed by atoms with Crippen LogP contribution in [0.1, 0.15) is 21.5 Å². The van der Waals surface area contributed by atoms with Crippen molar-refractivity contribution in [3.05, 3.63) is 53.3 Å². The Kier molecular flexibility index (Phi) is 3.77. The quantitative estimate of drug-likeness (QED) is 0.581. The lowest BCUT2D eigenvalue weighted by Gasteiger charge is -2.11. The van der Waals surface area contributed by atoms with Crippen LogP contribution in [0, 0.1) is 13.8 Å². The van der Waals surface area contributed by atoms with Crippen LogP contribution in [0.4, 0.5) is 11.4 Å². The van der Waals surface area contributed by atoms with Crippen LogP contribution in [0.2, 0.25) is 0 Å². The first-order valence-corrected chi connectivity index (χ1v) is 5.91.